The molecule has 4 nitrogen and oxygen atoms in total. The molecular weight excluding hydrogens is 192 g/mol. The molecule has 0 radical (unpaired) electrons. The molecule has 1 rings (SSSR count). The van der Waals surface area contributed by atoms with Gasteiger partial charge in [-0.2, -0.15) is 0 Å². The molecule has 0 spiro atoms. The third-order valence-corrected chi connectivity index (χ3v) is 2.06. The molecule has 0 saturated heterocycles. The molecule has 0 aliphatic heterocycles. The Morgan fingerprint density at radius 2 is 2.27 bits per heavy atom. The van der Waals surface area contributed by atoms with Gasteiger partial charge in [-0.15, -0.1) is 0 Å². The van der Waals surface area contributed by atoms with Crippen LogP contribution < -0.4 is 11.1 Å². The molecule has 0 heterocycles. The predicted molar refractivity (Wildman–Crippen MR) is 58.8 cm³/mol. The number of amides is 1. The number of carbonyl (C=O) groups is 1. The molecular formula is C11H16N2O2. The fraction of sp³-hybridized carbons (Fsp3) is 0.364. The van der Waals surface area contributed by atoms with Crippen molar-refractivity contribution in [2.75, 3.05) is 13.1 Å². The van der Waals surface area contributed by atoms with Crippen molar-refractivity contribution in [3.8, 4) is 5.75 Å². The van der Waals surface area contributed by atoms with E-state index in [-0.39, 0.29) is 11.7 Å². The van der Waals surface area contributed by atoms with Crippen molar-refractivity contribution in [2.45, 2.75) is 13.3 Å². The topological polar surface area (TPSA) is 75.3 Å². The van der Waals surface area contributed by atoms with Crippen LogP contribution in [0.1, 0.15) is 22.3 Å². The molecule has 15 heavy (non-hydrogen) atoms. The van der Waals surface area contributed by atoms with E-state index in [4.69, 9.17) is 5.73 Å². The van der Waals surface area contributed by atoms with Crippen LogP contribution in [0.5, 0.6) is 5.75 Å². The van der Waals surface area contributed by atoms with Crippen molar-refractivity contribution >= 4 is 5.91 Å². The largest absolute Gasteiger partial charge is 0.507 e. The number of hydrogen-bond donors (Lipinski definition) is 3. The molecule has 4 heteroatoms. The van der Waals surface area contributed by atoms with Crippen molar-refractivity contribution in [1.82, 2.24) is 5.32 Å². The Labute approximate surface area is 89.1 Å². The first-order valence-electron chi connectivity index (χ1n) is 4.93. The maximum absolute atomic E-state index is 11.6. The number of hydrogen-bond acceptors (Lipinski definition) is 3. The van der Waals surface area contributed by atoms with Gasteiger partial charge in [-0.05, 0) is 32.0 Å². The fourth-order valence-electron chi connectivity index (χ4n) is 1.23. The Morgan fingerprint density at radius 1 is 1.53 bits per heavy atom. The number of rotatable bonds is 4. The van der Waals surface area contributed by atoms with Gasteiger partial charge >= 0.3 is 0 Å². The molecule has 0 saturated carbocycles. The van der Waals surface area contributed by atoms with Crippen molar-refractivity contribution in [3.05, 3.63) is 29.3 Å². The third-order valence-electron chi connectivity index (χ3n) is 2.06. The maximum atomic E-state index is 11.6. The van der Waals surface area contributed by atoms with Crippen LogP contribution in [0.2, 0.25) is 0 Å². The van der Waals surface area contributed by atoms with Crippen LogP contribution in [-0.4, -0.2) is 24.1 Å². The van der Waals surface area contributed by atoms with Crippen molar-refractivity contribution in [1.29, 1.82) is 0 Å². The van der Waals surface area contributed by atoms with Crippen LogP contribution >= 0.6 is 0 Å². The summed E-state index contributed by atoms with van der Waals surface area (Å²) in [5, 5.41) is 12.2. The van der Waals surface area contributed by atoms with Gasteiger partial charge in [0.2, 0.25) is 0 Å². The molecule has 1 aromatic rings. The van der Waals surface area contributed by atoms with E-state index in [1.54, 1.807) is 12.1 Å². The number of nitrogens with one attached hydrogen (secondary N) is 1. The smallest absolute Gasteiger partial charge is 0.255 e. The van der Waals surface area contributed by atoms with Crippen molar-refractivity contribution in [3.63, 3.8) is 0 Å². The second-order valence-corrected chi connectivity index (χ2v) is 3.42. The van der Waals surface area contributed by atoms with Gasteiger partial charge in [0.25, 0.3) is 5.91 Å². The van der Waals surface area contributed by atoms with Gasteiger partial charge < -0.3 is 16.2 Å². The van der Waals surface area contributed by atoms with Crippen LogP contribution in [0.25, 0.3) is 0 Å². The van der Waals surface area contributed by atoms with Crippen LogP contribution in [-0.2, 0) is 0 Å². The molecule has 4 N–H and O–H groups in total. The van der Waals surface area contributed by atoms with Gasteiger partial charge in [0.15, 0.2) is 0 Å². The lowest BCUT2D eigenvalue weighted by molar-refractivity contribution is 0.0951. The number of nitrogens with two attached hydrogens (primary N) is 1. The second-order valence-electron chi connectivity index (χ2n) is 3.42. The zero-order valence-corrected chi connectivity index (χ0v) is 8.79. The highest BCUT2D eigenvalue weighted by Gasteiger charge is 2.09. The summed E-state index contributed by atoms with van der Waals surface area (Å²) in [6, 6.07) is 4.94. The summed E-state index contributed by atoms with van der Waals surface area (Å²) in [5.41, 5.74) is 6.56. The standard InChI is InChI=1S/C11H16N2O2/c1-8-3-4-10(14)9(7-8)11(15)13-6-2-5-12/h3-4,7,14H,2,5-6,12H2,1H3,(H,13,15). The Morgan fingerprint density at radius 3 is 2.93 bits per heavy atom. The lowest BCUT2D eigenvalue weighted by Gasteiger charge is -2.06. The first-order valence-corrected chi connectivity index (χ1v) is 4.93. The van der Waals surface area contributed by atoms with Crippen LogP contribution in [0.4, 0.5) is 0 Å². The number of phenols is 1. The monoisotopic (exact) mass is 208 g/mol. The molecule has 0 aliphatic rings. The summed E-state index contributed by atoms with van der Waals surface area (Å²) in [5.74, 6) is -0.254. The fourth-order valence-corrected chi connectivity index (χ4v) is 1.23. The molecule has 0 aromatic heterocycles. The first-order chi connectivity index (χ1) is 7.15. The van der Waals surface area contributed by atoms with Crippen LogP contribution in [0.3, 0.4) is 0 Å². The first kappa shape index (κ1) is 11.5. The maximum Gasteiger partial charge on any atom is 0.255 e. The Balaban J connectivity index is 2.68. The zero-order chi connectivity index (χ0) is 11.3. The lowest BCUT2D eigenvalue weighted by atomic mass is 10.1. The molecule has 1 amide bonds. The van der Waals surface area contributed by atoms with E-state index < -0.39 is 0 Å². The summed E-state index contributed by atoms with van der Waals surface area (Å²) in [6.45, 7) is 2.94. The van der Waals surface area contributed by atoms with E-state index >= 15 is 0 Å². The van der Waals surface area contributed by atoms with Crippen LogP contribution in [0.15, 0.2) is 18.2 Å². The van der Waals surface area contributed by atoms with Crippen molar-refractivity contribution in [2.24, 2.45) is 5.73 Å². The van der Waals surface area contributed by atoms with E-state index in [1.807, 2.05) is 6.92 Å². The van der Waals surface area contributed by atoms with E-state index in [1.165, 1.54) is 6.07 Å². The predicted octanol–water partition coefficient (Wildman–Crippen LogP) is 0.779. The molecule has 0 atom stereocenters. The van der Waals surface area contributed by atoms with Crippen LogP contribution in [0, 0.1) is 6.92 Å². The Kier molecular flexibility index (Phi) is 4.12. The molecule has 0 bridgehead atoms. The highest BCUT2D eigenvalue weighted by atomic mass is 16.3. The Bertz CT molecular complexity index is 350. The van der Waals surface area contributed by atoms with E-state index in [0.717, 1.165) is 12.0 Å². The SMILES string of the molecule is Cc1ccc(O)c(C(=O)NCCCN)c1. The summed E-state index contributed by atoms with van der Waals surface area (Å²) in [7, 11) is 0. The van der Waals surface area contributed by atoms with E-state index in [2.05, 4.69) is 5.32 Å². The average Bonchev–Trinajstić information content (AvgIpc) is 2.22. The van der Waals surface area contributed by atoms with Gasteiger partial charge in [-0.3, -0.25) is 4.79 Å². The molecule has 82 valence electrons. The number of carbonyl (C=O) groups excluding carboxylic acids is 1. The van der Waals surface area contributed by atoms with Crippen molar-refractivity contribution < 1.29 is 9.90 Å². The quantitative estimate of drug-likeness (QED) is 0.640. The van der Waals surface area contributed by atoms with Gasteiger partial charge in [0.05, 0.1) is 5.56 Å². The number of aromatic hydroxyl groups is 1. The van der Waals surface area contributed by atoms with Gasteiger partial charge in [0.1, 0.15) is 5.75 Å². The second kappa shape index (κ2) is 5.36. The minimum atomic E-state index is -0.260. The number of benzene rings is 1. The molecule has 0 fully saturated rings. The minimum absolute atomic E-state index is 0.00542. The summed E-state index contributed by atoms with van der Waals surface area (Å²) >= 11 is 0. The number of aryl methyl sites for hydroxylation is 1. The van der Waals surface area contributed by atoms with Gasteiger partial charge in [0, 0.05) is 6.54 Å². The summed E-state index contributed by atoms with van der Waals surface area (Å²) in [4.78, 5) is 11.6. The molecule has 1 aromatic carbocycles. The highest BCUT2D eigenvalue weighted by Crippen LogP contribution is 2.17. The number of phenolic OH excluding ortho intramolecular Hbond substituents is 1. The minimum Gasteiger partial charge on any atom is -0.507 e. The van der Waals surface area contributed by atoms with Gasteiger partial charge in [-0.25, -0.2) is 0 Å². The van der Waals surface area contributed by atoms with Gasteiger partial charge in [-0.1, -0.05) is 11.6 Å². The third kappa shape index (κ3) is 3.25. The highest BCUT2D eigenvalue weighted by molar-refractivity contribution is 5.96. The van der Waals surface area contributed by atoms with E-state index in [0.29, 0.717) is 18.7 Å². The summed E-state index contributed by atoms with van der Waals surface area (Å²) < 4.78 is 0. The zero-order valence-electron chi connectivity index (χ0n) is 8.79. The molecule has 0 unspecified atom stereocenters. The Hall–Kier alpha value is -1.55. The normalized spacial score (nSPS) is 10.0. The lowest BCUT2D eigenvalue weighted by Crippen LogP contribution is -2.26. The average molecular weight is 208 g/mol. The molecule has 0 aliphatic carbocycles. The van der Waals surface area contributed by atoms with E-state index in [9.17, 15) is 9.90 Å². The summed E-state index contributed by atoms with van der Waals surface area (Å²) in [6.07, 6.45) is 0.734.